The highest BCUT2D eigenvalue weighted by Gasteiger charge is 2.09. The minimum Gasteiger partial charge on any atom is -0.371 e. The van der Waals surface area contributed by atoms with Gasteiger partial charge in [0.2, 0.25) is 0 Å². The Hall–Kier alpha value is -2.14. The van der Waals surface area contributed by atoms with Gasteiger partial charge in [-0.1, -0.05) is 36.4 Å². The topological polar surface area (TPSA) is 42.2 Å². The number of halogens is 1. The zero-order chi connectivity index (χ0) is 13.9. The Bertz CT molecular complexity index is 762. The summed E-state index contributed by atoms with van der Waals surface area (Å²) >= 11 is 3.38. The Balaban J connectivity index is 2.05. The number of nitrogens with one attached hydrogen (secondary N) is 1. The molecule has 20 heavy (non-hydrogen) atoms. The lowest BCUT2D eigenvalue weighted by atomic mass is 10.2. The highest BCUT2D eigenvalue weighted by atomic mass is 79.9. The van der Waals surface area contributed by atoms with Crippen LogP contribution in [0.25, 0.3) is 17.8 Å². The van der Waals surface area contributed by atoms with Gasteiger partial charge in [0.15, 0.2) is 11.5 Å². The predicted octanol–water partition coefficient (Wildman–Crippen LogP) is 3.70. The third-order valence-electron chi connectivity index (χ3n) is 2.94. The van der Waals surface area contributed by atoms with E-state index >= 15 is 0 Å². The van der Waals surface area contributed by atoms with Gasteiger partial charge >= 0.3 is 0 Å². The molecule has 0 amide bonds. The van der Waals surface area contributed by atoms with Crippen molar-refractivity contribution < 1.29 is 0 Å². The van der Waals surface area contributed by atoms with Crippen LogP contribution in [-0.2, 0) is 0 Å². The van der Waals surface area contributed by atoms with E-state index in [1.54, 1.807) is 4.52 Å². The molecule has 0 aliphatic heterocycles. The van der Waals surface area contributed by atoms with Crippen molar-refractivity contribution in [3.8, 4) is 0 Å². The highest BCUT2D eigenvalue weighted by Crippen LogP contribution is 2.20. The Morgan fingerprint density at radius 2 is 1.90 bits per heavy atom. The highest BCUT2D eigenvalue weighted by molar-refractivity contribution is 9.10. The summed E-state index contributed by atoms with van der Waals surface area (Å²) in [5.74, 6) is 0.869. The number of aromatic nitrogens is 3. The van der Waals surface area contributed by atoms with Crippen molar-refractivity contribution in [1.29, 1.82) is 0 Å². The molecule has 2 heterocycles. The van der Waals surface area contributed by atoms with Gasteiger partial charge in [0.05, 0.1) is 0 Å². The van der Waals surface area contributed by atoms with Crippen molar-refractivity contribution in [3.05, 3.63) is 58.3 Å². The molecule has 0 radical (unpaired) electrons. The lowest BCUT2D eigenvalue weighted by Crippen LogP contribution is -1.99. The molecule has 0 saturated carbocycles. The first-order valence-electron chi connectivity index (χ1n) is 6.24. The molecule has 0 spiro atoms. The molecule has 0 unspecified atom stereocenters. The van der Waals surface area contributed by atoms with Crippen molar-refractivity contribution >= 4 is 39.5 Å². The molecule has 100 valence electrons. The average molecular weight is 329 g/mol. The van der Waals surface area contributed by atoms with Gasteiger partial charge in [-0.2, -0.15) is 9.61 Å². The third kappa shape index (κ3) is 2.44. The second-order valence-electron chi connectivity index (χ2n) is 4.27. The van der Waals surface area contributed by atoms with E-state index in [0.717, 1.165) is 27.3 Å². The van der Waals surface area contributed by atoms with Gasteiger partial charge in [-0.05, 0) is 39.7 Å². The van der Waals surface area contributed by atoms with Crippen molar-refractivity contribution in [2.45, 2.75) is 0 Å². The van der Waals surface area contributed by atoms with E-state index in [1.807, 2.05) is 49.5 Å². The maximum atomic E-state index is 4.57. The summed E-state index contributed by atoms with van der Waals surface area (Å²) in [7, 11) is 1.87. The number of benzene rings is 1. The Morgan fingerprint density at radius 1 is 1.10 bits per heavy atom. The van der Waals surface area contributed by atoms with Crippen molar-refractivity contribution in [2.75, 3.05) is 12.4 Å². The molecule has 0 bridgehead atoms. The fraction of sp³-hybridized carbons (Fsp3) is 0.0667. The molecule has 3 rings (SSSR count). The molecule has 4 nitrogen and oxygen atoms in total. The van der Waals surface area contributed by atoms with Crippen LogP contribution in [0.1, 0.15) is 11.3 Å². The Kier molecular flexibility index (Phi) is 3.52. The summed E-state index contributed by atoms with van der Waals surface area (Å²) in [6.45, 7) is 0. The summed E-state index contributed by atoms with van der Waals surface area (Å²) < 4.78 is 2.56. The first-order chi connectivity index (χ1) is 9.78. The van der Waals surface area contributed by atoms with E-state index in [4.69, 9.17) is 0 Å². The smallest absolute Gasteiger partial charge is 0.156 e. The molecule has 5 heteroatoms. The number of imidazole rings is 1. The molecule has 0 aliphatic carbocycles. The van der Waals surface area contributed by atoms with Gasteiger partial charge in [0.25, 0.3) is 0 Å². The second-order valence-corrected chi connectivity index (χ2v) is 5.08. The molecule has 1 N–H and O–H groups in total. The molecule has 0 atom stereocenters. The molecule has 0 fully saturated rings. The predicted molar refractivity (Wildman–Crippen MR) is 85.6 cm³/mol. The maximum absolute atomic E-state index is 4.57. The van der Waals surface area contributed by atoms with E-state index in [9.17, 15) is 0 Å². The van der Waals surface area contributed by atoms with Crippen LogP contribution in [0.4, 0.5) is 5.82 Å². The monoisotopic (exact) mass is 328 g/mol. The fourth-order valence-electron chi connectivity index (χ4n) is 2.02. The standard InChI is InChI=1S/C15H13BrN4/c1-17-15-12(8-7-11-5-3-2-4-6-11)18-14-10-9-13(16)19-20(14)15/h2-10,17H,1H3/b8-7+. The normalized spacial score (nSPS) is 11.3. The summed E-state index contributed by atoms with van der Waals surface area (Å²) in [6.07, 6.45) is 4.03. The maximum Gasteiger partial charge on any atom is 0.156 e. The fourth-order valence-corrected chi connectivity index (χ4v) is 2.31. The van der Waals surface area contributed by atoms with Gasteiger partial charge in [0.1, 0.15) is 10.3 Å². The summed E-state index contributed by atoms with van der Waals surface area (Å²) in [6, 6.07) is 14.0. The van der Waals surface area contributed by atoms with Crippen LogP contribution in [0.3, 0.4) is 0 Å². The lowest BCUT2D eigenvalue weighted by molar-refractivity contribution is 0.920. The van der Waals surface area contributed by atoms with E-state index in [2.05, 4.69) is 43.5 Å². The molecule has 2 aromatic heterocycles. The second kappa shape index (κ2) is 5.46. The molecule has 0 saturated heterocycles. The number of nitrogens with zero attached hydrogens (tertiary/aromatic N) is 3. The van der Waals surface area contributed by atoms with Crippen LogP contribution in [-0.4, -0.2) is 21.6 Å². The summed E-state index contributed by atoms with van der Waals surface area (Å²) in [4.78, 5) is 4.57. The first-order valence-corrected chi connectivity index (χ1v) is 7.03. The van der Waals surface area contributed by atoms with Crippen LogP contribution in [0.2, 0.25) is 0 Å². The van der Waals surface area contributed by atoms with Gasteiger partial charge < -0.3 is 5.32 Å². The van der Waals surface area contributed by atoms with E-state index in [1.165, 1.54) is 0 Å². The van der Waals surface area contributed by atoms with Crippen molar-refractivity contribution in [1.82, 2.24) is 14.6 Å². The first kappa shape index (κ1) is 12.9. The zero-order valence-electron chi connectivity index (χ0n) is 10.9. The minimum absolute atomic E-state index is 0.775. The van der Waals surface area contributed by atoms with Crippen molar-refractivity contribution in [2.24, 2.45) is 0 Å². The van der Waals surface area contributed by atoms with Gasteiger partial charge in [0, 0.05) is 7.05 Å². The minimum atomic E-state index is 0.775. The molecular formula is C15H13BrN4. The van der Waals surface area contributed by atoms with E-state index in [-0.39, 0.29) is 0 Å². The number of hydrogen-bond donors (Lipinski definition) is 1. The van der Waals surface area contributed by atoms with Crippen molar-refractivity contribution in [3.63, 3.8) is 0 Å². The van der Waals surface area contributed by atoms with E-state index in [0.29, 0.717) is 0 Å². The number of anilines is 1. The van der Waals surface area contributed by atoms with Crippen LogP contribution in [0, 0.1) is 0 Å². The number of rotatable bonds is 3. The molecule has 3 aromatic rings. The largest absolute Gasteiger partial charge is 0.371 e. The zero-order valence-corrected chi connectivity index (χ0v) is 12.5. The van der Waals surface area contributed by atoms with Crippen LogP contribution < -0.4 is 5.32 Å². The average Bonchev–Trinajstić information content (AvgIpc) is 2.83. The van der Waals surface area contributed by atoms with Crippen LogP contribution in [0.5, 0.6) is 0 Å². The number of hydrogen-bond acceptors (Lipinski definition) is 3. The van der Waals surface area contributed by atoms with Gasteiger partial charge in [-0.25, -0.2) is 4.98 Å². The van der Waals surface area contributed by atoms with Crippen LogP contribution in [0.15, 0.2) is 47.1 Å². The summed E-state index contributed by atoms with van der Waals surface area (Å²) in [5, 5.41) is 7.54. The van der Waals surface area contributed by atoms with Gasteiger partial charge in [-0.3, -0.25) is 0 Å². The van der Waals surface area contributed by atoms with E-state index < -0.39 is 0 Å². The SMILES string of the molecule is CNc1c(/C=C/c2ccccc2)nc2ccc(Br)nn12. The number of fused-ring (bicyclic) bond motifs is 1. The molecular weight excluding hydrogens is 316 g/mol. The van der Waals surface area contributed by atoms with Crippen LogP contribution >= 0.6 is 15.9 Å². The Morgan fingerprint density at radius 3 is 2.65 bits per heavy atom. The summed E-state index contributed by atoms with van der Waals surface area (Å²) in [5.41, 5.74) is 2.81. The molecule has 0 aliphatic rings. The third-order valence-corrected chi connectivity index (χ3v) is 3.36. The molecule has 1 aromatic carbocycles. The lowest BCUT2D eigenvalue weighted by Gasteiger charge is -2.00. The Labute approximate surface area is 125 Å². The quantitative estimate of drug-likeness (QED) is 0.797. The van der Waals surface area contributed by atoms with Gasteiger partial charge in [-0.15, -0.1) is 0 Å².